The fourth-order valence-corrected chi connectivity index (χ4v) is 2.22. The van der Waals surface area contributed by atoms with Gasteiger partial charge in [0.1, 0.15) is 5.82 Å². The molecule has 0 saturated carbocycles. The zero-order valence-electron chi connectivity index (χ0n) is 11.1. The number of aryl methyl sites for hydroxylation is 1. The van der Waals surface area contributed by atoms with Gasteiger partial charge in [0.05, 0.1) is 5.38 Å². The van der Waals surface area contributed by atoms with Crippen LogP contribution >= 0.6 is 11.6 Å². The van der Waals surface area contributed by atoms with Crippen molar-refractivity contribution in [2.24, 2.45) is 0 Å². The summed E-state index contributed by atoms with van der Waals surface area (Å²) in [6, 6.07) is 12.8. The molecule has 2 rings (SSSR count). The van der Waals surface area contributed by atoms with Gasteiger partial charge in [-0.25, -0.2) is 4.39 Å². The van der Waals surface area contributed by atoms with E-state index in [4.69, 9.17) is 11.6 Å². The predicted molar refractivity (Wildman–Crippen MR) is 79.2 cm³/mol. The van der Waals surface area contributed by atoms with Crippen LogP contribution < -0.4 is 5.32 Å². The van der Waals surface area contributed by atoms with E-state index in [0.717, 1.165) is 22.4 Å². The first-order valence-electron chi connectivity index (χ1n) is 6.30. The summed E-state index contributed by atoms with van der Waals surface area (Å²) in [6.07, 6.45) is 0. The van der Waals surface area contributed by atoms with Crippen molar-refractivity contribution in [2.75, 3.05) is 5.32 Å². The number of hydrogen-bond donors (Lipinski definition) is 1. The first kappa shape index (κ1) is 13.9. The highest BCUT2D eigenvalue weighted by molar-refractivity contribution is 6.21. The highest BCUT2D eigenvalue weighted by atomic mass is 35.5. The smallest absolute Gasteiger partial charge is 0.123 e. The van der Waals surface area contributed by atoms with Gasteiger partial charge in [0, 0.05) is 12.2 Å². The third-order valence-corrected chi connectivity index (χ3v) is 3.40. The molecule has 0 spiro atoms. The van der Waals surface area contributed by atoms with Crippen LogP contribution in [0.5, 0.6) is 0 Å². The Labute approximate surface area is 118 Å². The molecule has 0 fully saturated rings. The maximum atomic E-state index is 13.2. The molecule has 0 aliphatic heterocycles. The molecule has 0 amide bonds. The van der Waals surface area contributed by atoms with Crippen LogP contribution in [0, 0.1) is 12.7 Å². The van der Waals surface area contributed by atoms with Crippen LogP contribution in [0.1, 0.15) is 29.0 Å². The van der Waals surface area contributed by atoms with Gasteiger partial charge in [-0.15, -0.1) is 11.6 Å². The molecule has 19 heavy (non-hydrogen) atoms. The van der Waals surface area contributed by atoms with E-state index >= 15 is 0 Å². The lowest BCUT2D eigenvalue weighted by Gasteiger charge is -2.14. The number of halogens is 2. The molecular formula is C16H17ClFN. The quantitative estimate of drug-likeness (QED) is 0.772. The zero-order chi connectivity index (χ0) is 13.8. The molecule has 1 nitrogen and oxygen atoms in total. The summed E-state index contributed by atoms with van der Waals surface area (Å²) in [4.78, 5) is 0. The lowest BCUT2D eigenvalue weighted by atomic mass is 10.1. The van der Waals surface area contributed by atoms with Crippen LogP contribution in [0.4, 0.5) is 10.1 Å². The van der Waals surface area contributed by atoms with Crippen molar-refractivity contribution in [3.05, 3.63) is 65.0 Å². The number of alkyl halides is 1. The summed E-state index contributed by atoms with van der Waals surface area (Å²) < 4.78 is 13.2. The van der Waals surface area contributed by atoms with Crippen molar-refractivity contribution < 1.29 is 4.39 Å². The second-order valence-corrected chi connectivity index (χ2v) is 5.28. The number of hydrogen-bond acceptors (Lipinski definition) is 1. The fourth-order valence-electron chi connectivity index (χ4n) is 2.03. The molecule has 0 aliphatic carbocycles. The van der Waals surface area contributed by atoms with E-state index in [1.165, 1.54) is 6.07 Å². The summed E-state index contributed by atoms with van der Waals surface area (Å²) in [6.45, 7) is 4.51. The minimum absolute atomic E-state index is 0.0580. The monoisotopic (exact) mass is 277 g/mol. The molecule has 0 aliphatic rings. The lowest BCUT2D eigenvalue weighted by Crippen LogP contribution is -2.04. The van der Waals surface area contributed by atoms with Crippen molar-refractivity contribution in [1.82, 2.24) is 0 Å². The Hall–Kier alpha value is -1.54. The van der Waals surface area contributed by atoms with Gasteiger partial charge < -0.3 is 5.32 Å². The minimum atomic E-state index is -0.207. The molecule has 0 aromatic heterocycles. The summed E-state index contributed by atoms with van der Waals surface area (Å²) in [5.41, 5.74) is 4.08. The predicted octanol–water partition coefficient (Wildman–Crippen LogP) is 5.05. The van der Waals surface area contributed by atoms with Gasteiger partial charge >= 0.3 is 0 Å². The average Bonchev–Trinajstić information content (AvgIpc) is 2.40. The molecule has 2 aromatic carbocycles. The highest BCUT2D eigenvalue weighted by Gasteiger charge is 2.07. The van der Waals surface area contributed by atoms with Crippen LogP contribution in [-0.4, -0.2) is 0 Å². The van der Waals surface area contributed by atoms with Crippen LogP contribution in [0.3, 0.4) is 0 Å². The first-order chi connectivity index (χ1) is 9.08. The van der Waals surface area contributed by atoms with Gasteiger partial charge in [0.15, 0.2) is 0 Å². The molecule has 1 N–H and O–H groups in total. The van der Waals surface area contributed by atoms with E-state index in [1.807, 2.05) is 38.1 Å². The number of rotatable bonds is 4. The molecule has 2 aromatic rings. The summed E-state index contributed by atoms with van der Waals surface area (Å²) in [5, 5.41) is 3.27. The van der Waals surface area contributed by atoms with Crippen LogP contribution in [0.15, 0.2) is 42.5 Å². The minimum Gasteiger partial charge on any atom is -0.381 e. The second-order valence-electron chi connectivity index (χ2n) is 4.63. The normalized spacial score (nSPS) is 12.2. The van der Waals surface area contributed by atoms with Crippen LogP contribution in [-0.2, 0) is 6.54 Å². The maximum absolute atomic E-state index is 13.2. The topological polar surface area (TPSA) is 12.0 Å². The van der Waals surface area contributed by atoms with Crippen molar-refractivity contribution in [3.8, 4) is 0 Å². The van der Waals surface area contributed by atoms with E-state index in [0.29, 0.717) is 6.54 Å². The van der Waals surface area contributed by atoms with Gasteiger partial charge in [-0.2, -0.15) is 0 Å². The molecule has 3 heteroatoms. The van der Waals surface area contributed by atoms with Crippen molar-refractivity contribution >= 4 is 17.3 Å². The zero-order valence-corrected chi connectivity index (χ0v) is 11.8. The molecular weight excluding hydrogens is 261 g/mol. The number of anilines is 1. The summed E-state index contributed by atoms with van der Waals surface area (Å²) in [7, 11) is 0. The van der Waals surface area contributed by atoms with Gasteiger partial charge in [-0.1, -0.05) is 24.3 Å². The number of nitrogens with one attached hydrogen (secondary N) is 1. The van der Waals surface area contributed by atoms with Crippen molar-refractivity contribution in [3.63, 3.8) is 0 Å². The number of benzene rings is 2. The Kier molecular flexibility index (Phi) is 4.43. The van der Waals surface area contributed by atoms with Crippen molar-refractivity contribution in [2.45, 2.75) is 25.8 Å². The summed E-state index contributed by atoms with van der Waals surface area (Å²) in [5.74, 6) is -0.207. The van der Waals surface area contributed by atoms with Gasteiger partial charge in [0.25, 0.3) is 0 Å². The Morgan fingerprint density at radius 3 is 2.68 bits per heavy atom. The van der Waals surface area contributed by atoms with Gasteiger partial charge in [-0.05, 0) is 48.7 Å². The largest absolute Gasteiger partial charge is 0.381 e. The molecule has 0 radical (unpaired) electrons. The SMILES string of the molecule is Cc1ccc(F)cc1CNc1ccccc1C(C)Cl. The van der Waals surface area contributed by atoms with Crippen LogP contribution in [0.2, 0.25) is 0 Å². The Morgan fingerprint density at radius 2 is 1.95 bits per heavy atom. The fraction of sp³-hybridized carbons (Fsp3) is 0.250. The summed E-state index contributed by atoms with van der Waals surface area (Å²) >= 11 is 6.15. The van der Waals surface area contributed by atoms with Crippen molar-refractivity contribution in [1.29, 1.82) is 0 Å². The lowest BCUT2D eigenvalue weighted by molar-refractivity contribution is 0.625. The molecule has 0 saturated heterocycles. The van der Waals surface area contributed by atoms with E-state index in [2.05, 4.69) is 5.32 Å². The van der Waals surface area contributed by atoms with Gasteiger partial charge in [0.2, 0.25) is 0 Å². The van der Waals surface area contributed by atoms with E-state index in [-0.39, 0.29) is 11.2 Å². The third-order valence-electron chi connectivity index (χ3n) is 3.17. The van der Waals surface area contributed by atoms with E-state index in [1.54, 1.807) is 12.1 Å². The molecule has 0 bridgehead atoms. The third kappa shape index (κ3) is 3.48. The maximum Gasteiger partial charge on any atom is 0.123 e. The first-order valence-corrected chi connectivity index (χ1v) is 6.73. The average molecular weight is 278 g/mol. The molecule has 1 unspecified atom stereocenters. The standard InChI is InChI=1S/C16H17ClFN/c1-11-7-8-14(18)9-13(11)10-19-16-6-4-3-5-15(16)12(2)17/h3-9,12,19H,10H2,1-2H3. The van der Waals surface area contributed by atoms with Gasteiger partial charge in [-0.3, -0.25) is 0 Å². The Bertz CT molecular complexity index is 566. The van der Waals surface area contributed by atoms with Crippen LogP contribution in [0.25, 0.3) is 0 Å². The molecule has 0 heterocycles. The van der Waals surface area contributed by atoms with E-state index < -0.39 is 0 Å². The molecule has 1 atom stereocenters. The Morgan fingerprint density at radius 1 is 1.21 bits per heavy atom. The molecule has 100 valence electrons. The Balaban J connectivity index is 2.17. The number of para-hydroxylation sites is 1. The highest BCUT2D eigenvalue weighted by Crippen LogP contribution is 2.27. The van der Waals surface area contributed by atoms with E-state index in [9.17, 15) is 4.39 Å². The second kappa shape index (κ2) is 6.07.